The fraction of sp³-hybridized carbons (Fsp3) is 0.138. The van der Waals surface area contributed by atoms with Crippen LogP contribution in [0.3, 0.4) is 0 Å². The van der Waals surface area contributed by atoms with E-state index in [9.17, 15) is 18.4 Å². The summed E-state index contributed by atoms with van der Waals surface area (Å²) in [5.74, 6) is -1.46. The minimum atomic E-state index is -0.975. The van der Waals surface area contributed by atoms with Gasteiger partial charge in [-0.3, -0.25) is 9.59 Å². The van der Waals surface area contributed by atoms with Crippen molar-refractivity contribution in [2.24, 2.45) is 0 Å². The van der Waals surface area contributed by atoms with Crippen molar-refractivity contribution < 1.29 is 23.1 Å². The lowest BCUT2D eigenvalue weighted by Gasteiger charge is -2.22. The lowest BCUT2D eigenvalue weighted by atomic mass is 10.1. The molecular formula is C29H24F2N4O3. The second kappa shape index (κ2) is 11.1. The molecule has 1 aliphatic rings. The van der Waals surface area contributed by atoms with Crippen LogP contribution < -0.4 is 20.7 Å². The van der Waals surface area contributed by atoms with Gasteiger partial charge in [0.15, 0.2) is 11.6 Å². The molecule has 3 aromatic carbocycles. The van der Waals surface area contributed by atoms with Gasteiger partial charge < -0.3 is 20.7 Å². The number of nitrogens with zero attached hydrogens (tertiary/aromatic N) is 1. The molecule has 0 fully saturated rings. The van der Waals surface area contributed by atoms with E-state index < -0.39 is 17.5 Å². The number of nitrogens with one attached hydrogen (secondary N) is 3. The van der Waals surface area contributed by atoms with E-state index in [-0.39, 0.29) is 30.7 Å². The van der Waals surface area contributed by atoms with Crippen LogP contribution in [0.5, 0.6) is 5.75 Å². The lowest BCUT2D eigenvalue weighted by Crippen LogP contribution is -2.26. The topological polar surface area (TPSA) is 92.3 Å². The SMILES string of the molecule is O=C1Cc2ccc(OC[C@H](Nc3ncccc3C(=O)NCc3ccc(F)c(F)c3)c3ccccc3)cc2N1. The van der Waals surface area contributed by atoms with Crippen molar-refractivity contribution in [2.75, 3.05) is 17.2 Å². The zero-order valence-corrected chi connectivity index (χ0v) is 20.2. The predicted octanol–water partition coefficient (Wildman–Crippen LogP) is 5.02. The van der Waals surface area contributed by atoms with Crippen molar-refractivity contribution in [1.29, 1.82) is 0 Å². The highest BCUT2D eigenvalue weighted by Crippen LogP contribution is 2.29. The van der Waals surface area contributed by atoms with Crippen molar-refractivity contribution in [1.82, 2.24) is 10.3 Å². The van der Waals surface area contributed by atoms with Gasteiger partial charge in [0.2, 0.25) is 5.91 Å². The first-order valence-electron chi connectivity index (χ1n) is 12.0. The highest BCUT2D eigenvalue weighted by atomic mass is 19.2. The van der Waals surface area contributed by atoms with Crippen LogP contribution in [0.1, 0.15) is 33.1 Å². The van der Waals surface area contributed by atoms with Crippen molar-refractivity contribution in [2.45, 2.75) is 19.0 Å². The Hall–Kier alpha value is -4.79. The number of hydrogen-bond acceptors (Lipinski definition) is 5. The lowest BCUT2D eigenvalue weighted by molar-refractivity contribution is -0.115. The summed E-state index contributed by atoms with van der Waals surface area (Å²) in [5, 5.41) is 8.86. The number of carbonyl (C=O) groups is 2. The van der Waals surface area contributed by atoms with E-state index in [1.807, 2.05) is 42.5 Å². The normalized spacial score (nSPS) is 12.8. The maximum atomic E-state index is 13.5. The Kier molecular flexibility index (Phi) is 7.26. The largest absolute Gasteiger partial charge is 0.491 e. The Morgan fingerprint density at radius 1 is 1.00 bits per heavy atom. The van der Waals surface area contributed by atoms with Crippen LogP contribution in [-0.2, 0) is 17.8 Å². The minimum Gasteiger partial charge on any atom is -0.491 e. The van der Waals surface area contributed by atoms with Crippen LogP contribution in [0.4, 0.5) is 20.3 Å². The third-order valence-electron chi connectivity index (χ3n) is 6.13. The molecule has 0 saturated carbocycles. The third kappa shape index (κ3) is 5.78. The molecule has 9 heteroatoms. The van der Waals surface area contributed by atoms with Crippen LogP contribution >= 0.6 is 0 Å². The smallest absolute Gasteiger partial charge is 0.255 e. The Bertz CT molecular complexity index is 1480. The summed E-state index contributed by atoms with van der Waals surface area (Å²) in [7, 11) is 0. The number of ether oxygens (including phenoxy) is 1. The number of fused-ring (bicyclic) bond motifs is 1. The van der Waals surface area contributed by atoms with E-state index in [0.717, 1.165) is 28.9 Å². The van der Waals surface area contributed by atoms with E-state index in [4.69, 9.17) is 4.74 Å². The van der Waals surface area contributed by atoms with Gasteiger partial charge in [-0.15, -0.1) is 0 Å². The molecule has 3 N–H and O–H groups in total. The molecule has 0 aliphatic carbocycles. The molecule has 1 atom stereocenters. The molecule has 0 radical (unpaired) electrons. The summed E-state index contributed by atoms with van der Waals surface area (Å²) in [5.41, 5.74) is 3.29. The standard InChI is InChI=1S/C29H24F2N4O3/c30-23-11-8-18(13-24(23)31)16-33-29(37)22-7-4-12-32-28(22)35-26(19-5-2-1-3-6-19)17-38-21-10-9-20-14-27(36)34-25(20)15-21/h1-13,15,26H,14,16-17H2,(H,32,35)(H,33,37)(H,34,36)/t26-/m0/s1. The quantitative estimate of drug-likeness (QED) is 0.292. The van der Waals surface area contributed by atoms with E-state index in [1.54, 1.807) is 24.4 Å². The Morgan fingerprint density at radius 3 is 2.66 bits per heavy atom. The molecule has 1 aromatic heterocycles. The number of rotatable bonds is 9. The molecule has 0 unspecified atom stereocenters. The van der Waals surface area contributed by atoms with Crippen LogP contribution in [-0.4, -0.2) is 23.4 Å². The fourth-order valence-corrected chi connectivity index (χ4v) is 4.17. The monoisotopic (exact) mass is 514 g/mol. The van der Waals surface area contributed by atoms with Gasteiger partial charge in [0.1, 0.15) is 18.2 Å². The molecular weight excluding hydrogens is 490 g/mol. The number of anilines is 2. The van der Waals surface area contributed by atoms with Crippen molar-refractivity contribution in [3.63, 3.8) is 0 Å². The molecule has 38 heavy (non-hydrogen) atoms. The summed E-state index contributed by atoms with van der Waals surface area (Å²) < 4.78 is 32.8. The summed E-state index contributed by atoms with van der Waals surface area (Å²) in [6.45, 7) is 0.230. The molecule has 7 nitrogen and oxygen atoms in total. The van der Waals surface area contributed by atoms with Crippen molar-refractivity contribution in [3.8, 4) is 5.75 Å². The fourth-order valence-electron chi connectivity index (χ4n) is 4.17. The van der Waals surface area contributed by atoms with Gasteiger partial charge in [0.25, 0.3) is 5.91 Å². The molecule has 4 aromatic rings. The molecule has 192 valence electrons. The average Bonchev–Trinajstić information content (AvgIpc) is 3.31. The maximum Gasteiger partial charge on any atom is 0.255 e. The summed E-state index contributed by atoms with van der Waals surface area (Å²) >= 11 is 0. The molecule has 2 amide bonds. The summed E-state index contributed by atoms with van der Waals surface area (Å²) in [4.78, 5) is 29.0. The number of pyridine rings is 1. The highest BCUT2D eigenvalue weighted by molar-refractivity contribution is 5.99. The number of halogens is 2. The molecule has 0 spiro atoms. The van der Waals surface area contributed by atoms with Gasteiger partial charge in [-0.2, -0.15) is 0 Å². The van der Waals surface area contributed by atoms with Gasteiger partial charge in [0.05, 0.1) is 18.0 Å². The minimum absolute atomic E-state index is 0.0183. The van der Waals surface area contributed by atoms with Gasteiger partial charge in [0, 0.05) is 24.5 Å². The highest BCUT2D eigenvalue weighted by Gasteiger charge is 2.20. The number of amides is 2. The molecule has 2 heterocycles. The maximum absolute atomic E-state index is 13.5. The second-order valence-electron chi connectivity index (χ2n) is 8.79. The van der Waals surface area contributed by atoms with Crippen molar-refractivity contribution >= 4 is 23.3 Å². The van der Waals surface area contributed by atoms with Gasteiger partial charge >= 0.3 is 0 Å². The van der Waals surface area contributed by atoms with E-state index in [1.165, 1.54) is 6.07 Å². The zero-order valence-electron chi connectivity index (χ0n) is 20.2. The van der Waals surface area contributed by atoms with Crippen molar-refractivity contribution in [3.05, 3.63) is 119 Å². The van der Waals surface area contributed by atoms with Gasteiger partial charge in [-0.05, 0) is 47.0 Å². The molecule has 5 rings (SSSR count). The Balaban J connectivity index is 1.32. The first kappa shape index (κ1) is 24.9. The summed E-state index contributed by atoms with van der Waals surface area (Å²) in [6.07, 6.45) is 1.92. The third-order valence-corrected chi connectivity index (χ3v) is 6.13. The van der Waals surface area contributed by atoms with Crippen LogP contribution in [0, 0.1) is 11.6 Å². The average molecular weight is 515 g/mol. The Morgan fingerprint density at radius 2 is 1.84 bits per heavy atom. The number of carbonyl (C=O) groups excluding carboxylic acids is 2. The zero-order chi connectivity index (χ0) is 26.5. The predicted molar refractivity (Wildman–Crippen MR) is 139 cm³/mol. The van der Waals surface area contributed by atoms with E-state index in [0.29, 0.717) is 23.6 Å². The van der Waals surface area contributed by atoms with Crippen LogP contribution in [0.2, 0.25) is 0 Å². The number of aromatic nitrogens is 1. The van der Waals surface area contributed by atoms with Gasteiger partial charge in [-0.1, -0.05) is 42.5 Å². The van der Waals surface area contributed by atoms with Crippen LogP contribution in [0.15, 0.2) is 85.1 Å². The first-order chi connectivity index (χ1) is 18.5. The molecule has 0 saturated heterocycles. The first-order valence-corrected chi connectivity index (χ1v) is 12.0. The van der Waals surface area contributed by atoms with Crippen LogP contribution in [0.25, 0.3) is 0 Å². The second-order valence-corrected chi connectivity index (χ2v) is 8.79. The number of benzene rings is 3. The number of hydrogen-bond donors (Lipinski definition) is 3. The van der Waals surface area contributed by atoms with E-state index >= 15 is 0 Å². The molecule has 1 aliphatic heterocycles. The van der Waals surface area contributed by atoms with E-state index in [2.05, 4.69) is 20.9 Å². The van der Waals surface area contributed by atoms with Gasteiger partial charge in [-0.25, -0.2) is 13.8 Å². The molecule has 0 bridgehead atoms. The Labute approximate surface area is 217 Å². The summed E-state index contributed by atoms with van der Waals surface area (Å²) in [6, 6.07) is 21.5.